The second kappa shape index (κ2) is 5.13. The highest BCUT2D eigenvalue weighted by Gasteiger charge is 2.64. The van der Waals surface area contributed by atoms with Crippen molar-refractivity contribution in [1.82, 2.24) is 10.2 Å². The van der Waals surface area contributed by atoms with Gasteiger partial charge in [0.25, 0.3) is 0 Å². The van der Waals surface area contributed by atoms with Gasteiger partial charge < -0.3 is 10.2 Å². The average Bonchev–Trinajstić information content (AvgIpc) is 2.79. The van der Waals surface area contributed by atoms with Crippen molar-refractivity contribution >= 4 is 0 Å². The monoisotopic (exact) mass is 252 g/mol. The minimum absolute atomic E-state index is 0.475. The van der Waals surface area contributed by atoms with Crippen LogP contribution in [0, 0.1) is 10.8 Å². The van der Waals surface area contributed by atoms with Gasteiger partial charge in [-0.1, -0.05) is 34.6 Å². The molecule has 1 unspecified atom stereocenters. The lowest BCUT2D eigenvalue weighted by Crippen LogP contribution is -2.35. The summed E-state index contributed by atoms with van der Waals surface area (Å²) < 4.78 is 0. The van der Waals surface area contributed by atoms with E-state index in [0.29, 0.717) is 16.9 Å². The molecule has 2 rings (SSSR count). The molecule has 0 aromatic rings. The Morgan fingerprint density at radius 2 is 1.72 bits per heavy atom. The van der Waals surface area contributed by atoms with E-state index < -0.39 is 0 Å². The first-order valence-electron chi connectivity index (χ1n) is 7.88. The van der Waals surface area contributed by atoms with Gasteiger partial charge in [-0.2, -0.15) is 0 Å². The number of nitrogens with one attached hydrogen (secondary N) is 1. The van der Waals surface area contributed by atoms with Crippen molar-refractivity contribution in [2.45, 2.75) is 72.4 Å². The molecule has 0 aromatic heterocycles. The summed E-state index contributed by atoms with van der Waals surface area (Å²) in [6.07, 6.45) is 5.36. The maximum absolute atomic E-state index is 3.95. The zero-order chi connectivity index (χ0) is 13.4. The molecule has 0 amide bonds. The highest BCUT2D eigenvalue weighted by molar-refractivity contribution is 5.18. The van der Waals surface area contributed by atoms with Crippen molar-refractivity contribution in [3.8, 4) is 0 Å². The summed E-state index contributed by atoms with van der Waals surface area (Å²) in [7, 11) is 0. The highest BCUT2D eigenvalue weighted by Crippen LogP contribution is 2.62. The SMILES string of the molecule is CCCN1CCCC(NC2C(C)(C)C2(C)C)CC1. The Morgan fingerprint density at radius 1 is 1.06 bits per heavy atom. The normalized spacial score (nSPS) is 32.2. The first-order chi connectivity index (χ1) is 8.39. The number of likely N-dealkylation sites (tertiary alicyclic amines) is 1. The molecule has 1 saturated carbocycles. The van der Waals surface area contributed by atoms with E-state index in [-0.39, 0.29) is 0 Å². The summed E-state index contributed by atoms with van der Waals surface area (Å²) in [5.74, 6) is 0. The van der Waals surface area contributed by atoms with Crippen LogP contribution in [0.25, 0.3) is 0 Å². The highest BCUT2D eigenvalue weighted by atomic mass is 15.1. The quantitative estimate of drug-likeness (QED) is 0.826. The average molecular weight is 252 g/mol. The Bertz CT molecular complexity index is 269. The third-order valence-electron chi connectivity index (χ3n) is 5.78. The van der Waals surface area contributed by atoms with Crippen LogP contribution in [0.5, 0.6) is 0 Å². The molecule has 1 aliphatic heterocycles. The smallest absolute Gasteiger partial charge is 0.0183 e. The van der Waals surface area contributed by atoms with Gasteiger partial charge in [0.2, 0.25) is 0 Å². The van der Waals surface area contributed by atoms with Gasteiger partial charge >= 0.3 is 0 Å². The molecule has 106 valence electrons. The van der Waals surface area contributed by atoms with Gasteiger partial charge in [-0.3, -0.25) is 0 Å². The van der Waals surface area contributed by atoms with E-state index >= 15 is 0 Å². The summed E-state index contributed by atoms with van der Waals surface area (Å²) in [4.78, 5) is 2.64. The van der Waals surface area contributed by atoms with Gasteiger partial charge in [-0.15, -0.1) is 0 Å². The largest absolute Gasteiger partial charge is 0.310 e. The molecule has 0 spiro atoms. The lowest BCUT2D eigenvalue weighted by atomic mass is 10.0. The van der Waals surface area contributed by atoms with Crippen LogP contribution in [0.1, 0.15) is 60.3 Å². The molecular formula is C16H32N2. The van der Waals surface area contributed by atoms with Crippen LogP contribution in [-0.2, 0) is 0 Å². The Hall–Kier alpha value is -0.0800. The molecule has 0 bridgehead atoms. The Labute approximate surface area is 114 Å². The van der Waals surface area contributed by atoms with E-state index in [1.807, 2.05) is 0 Å². The van der Waals surface area contributed by atoms with Crippen molar-refractivity contribution in [1.29, 1.82) is 0 Å². The Balaban J connectivity index is 1.82. The predicted molar refractivity (Wildman–Crippen MR) is 78.9 cm³/mol. The van der Waals surface area contributed by atoms with E-state index in [1.165, 1.54) is 45.3 Å². The molecule has 0 radical (unpaired) electrons. The maximum atomic E-state index is 3.95. The topological polar surface area (TPSA) is 15.3 Å². The van der Waals surface area contributed by atoms with Crippen LogP contribution in [-0.4, -0.2) is 36.6 Å². The van der Waals surface area contributed by atoms with Crippen molar-refractivity contribution in [2.75, 3.05) is 19.6 Å². The van der Waals surface area contributed by atoms with E-state index in [2.05, 4.69) is 44.8 Å². The van der Waals surface area contributed by atoms with Gasteiger partial charge in [0.15, 0.2) is 0 Å². The zero-order valence-corrected chi connectivity index (χ0v) is 13.1. The van der Waals surface area contributed by atoms with Gasteiger partial charge in [-0.05, 0) is 56.1 Å². The fourth-order valence-corrected chi connectivity index (χ4v) is 3.71. The number of nitrogens with zero attached hydrogens (tertiary/aromatic N) is 1. The fourth-order valence-electron chi connectivity index (χ4n) is 3.71. The Kier molecular flexibility index (Phi) is 4.08. The third-order valence-corrected chi connectivity index (χ3v) is 5.78. The second-order valence-electron chi connectivity index (χ2n) is 7.51. The molecule has 2 nitrogen and oxygen atoms in total. The van der Waals surface area contributed by atoms with Crippen molar-refractivity contribution in [2.24, 2.45) is 10.8 Å². The zero-order valence-electron chi connectivity index (χ0n) is 13.1. The molecule has 1 N–H and O–H groups in total. The molecule has 1 saturated heterocycles. The molecule has 1 aliphatic carbocycles. The van der Waals surface area contributed by atoms with Crippen LogP contribution in [0.2, 0.25) is 0 Å². The summed E-state index contributed by atoms with van der Waals surface area (Å²) in [5, 5.41) is 3.95. The van der Waals surface area contributed by atoms with E-state index in [0.717, 1.165) is 6.04 Å². The van der Waals surface area contributed by atoms with Crippen LogP contribution >= 0.6 is 0 Å². The van der Waals surface area contributed by atoms with Gasteiger partial charge in [0.05, 0.1) is 0 Å². The first kappa shape index (κ1) is 14.3. The lowest BCUT2D eigenvalue weighted by molar-refractivity contribution is 0.282. The van der Waals surface area contributed by atoms with Crippen molar-refractivity contribution < 1.29 is 0 Å². The molecular weight excluding hydrogens is 220 g/mol. The first-order valence-corrected chi connectivity index (χ1v) is 7.88. The summed E-state index contributed by atoms with van der Waals surface area (Å²) in [6.45, 7) is 15.8. The maximum Gasteiger partial charge on any atom is 0.0183 e. The molecule has 2 fully saturated rings. The molecule has 0 aromatic carbocycles. The lowest BCUT2D eigenvalue weighted by Gasteiger charge is -2.20. The number of hydrogen-bond donors (Lipinski definition) is 1. The van der Waals surface area contributed by atoms with Crippen LogP contribution in [0.3, 0.4) is 0 Å². The van der Waals surface area contributed by atoms with E-state index in [1.54, 1.807) is 0 Å². The number of rotatable bonds is 4. The Morgan fingerprint density at radius 3 is 2.28 bits per heavy atom. The van der Waals surface area contributed by atoms with Gasteiger partial charge in [0, 0.05) is 12.1 Å². The van der Waals surface area contributed by atoms with Gasteiger partial charge in [0.1, 0.15) is 0 Å². The van der Waals surface area contributed by atoms with Crippen molar-refractivity contribution in [3.05, 3.63) is 0 Å². The molecule has 18 heavy (non-hydrogen) atoms. The summed E-state index contributed by atoms with van der Waals surface area (Å²) in [6, 6.07) is 1.46. The molecule has 2 aliphatic rings. The van der Waals surface area contributed by atoms with E-state index in [9.17, 15) is 0 Å². The summed E-state index contributed by atoms with van der Waals surface area (Å²) in [5.41, 5.74) is 0.949. The van der Waals surface area contributed by atoms with Crippen LogP contribution < -0.4 is 5.32 Å². The van der Waals surface area contributed by atoms with Crippen molar-refractivity contribution in [3.63, 3.8) is 0 Å². The van der Waals surface area contributed by atoms with Gasteiger partial charge in [-0.25, -0.2) is 0 Å². The minimum atomic E-state index is 0.475. The fraction of sp³-hybridized carbons (Fsp3) is 1.00. The van der Waals surface area contributed by atoms with Crippen LogP contribution in [0.15, 0.2) is 0 Å². The molecule has 1 heterocycles. The summed E-state index contributed by atoms with van der Waals surface area (Å²) >= 11 is 0. The predicted octanol–water partition coefficient (Wildman–Crippen LogP) is 3.28. The number of hydrogen-bond acceptors (Lipinski definition) is 2. The minimum Gasteiger partial charge on any atom is -0.310 e. The third kappa shape index (κ3) is 2.60. The molecule has 1 atom stereocenters. The molecule has 2 heteroatoms. The standard InChI is InChI=1S/C16H32N2/c1-6-10-18-11-7-8-13(9-12-18)17-14-15(2,3)16(14,4)5/h13-14,17H,6-12H2,1-5H3. The second-order valence-corrected chi connectivity index (χ2v) is 7.51. The van der Waals surface area contributed by atoms with Crippen LogP contribution in [0.4, 0.5) is 0 Å². The van der Waals surface area contributed by atoms with E-state index in [4.69, 9.17) is 0 Å².